The second kappa shape index (κ2) is 7.32. The molecule has 0 aliphatic heterocycles. The number of pyridine rings is 1. The fourth-order valence-electron chi connectivity index (χ4n) is 1.73. The van der Waals surface area contributed by atoms with Crippen LogP contribution >= 0.6 is 0 Å². The Morgan fingerprint density at radius 3 is 2.90 bits per heavy atom. The molecule has 2 aromatic heterocycles. The van der Waals surface area contributed by atoms with Crippen LogP contribution in [0.4, 0.5) is 0 Å². The largest absolute Gasteiger partial charge is 0.372 e. The molecule has 2 heterocycles. The third-order valence-corrected chi connectivity index (χ3v) is 2.75. The molecule has 4 heteroatoms. The summed E-state index contributed by atoms with van der Waals surface area (Å²) >= 11 is 0. The molecule has 2 rings (SSSR count). The molecule has 0 spiro atoms. The maximum absolute atomic E-state index is 4.90. The van der Waals surface area contributed by atoms with Crippen LogP contribution in [0, 0.1) is 18.8 Å². The highest BCUT2D eigenvalue weighted by Gasteiger charge is 2.06. The van der Waals surface area contributed by atoms with Crippen LogP contribution < -0.4 is 0 Å². The molecule has 0 saturated carbocycles. The summed E-state index contributed by atoms with van der Waals surface area (Å²) in [4.78, 5) is 13.4. The summed E-state index contributed by atoms with van der Waals surface area (Å²) in [5.41, 5.74) is 3.33. The molecule has 0 radical (unpaired) electrons. The van der Waals surface area contributed by atoms with Crippen molar-refractivity contribution in [3.05, 3.63) is 47.4 Å². The van der Waals surface area contributed by atoms with Crippen LogP contribution in [0.25, 0.3) is 17.6 Å². The van der Waals surface area contributed by atoms with Gasteiger partial charge in [-0.05, 0) is 43.5 Å². The van der Waals surface area contributed by atoms with Crippen molar-refractivity contribution in [2.45, 2.75) is 13.8 Å². The number of hydrogen-bond acceptors (Lipinski definition) is 4. The van der Waals surface area contributed by atoms with Crippen LogP contribution in [-0.4, -0.2) is 28.7 Å². The third-order valence-electron chi connectivity index (χ3n) is 2.75. The quantitative estimate of drug-likeness (QED) is 0.811. The number of allylic oxidation sites excluding steroid dienone is 1. The average molecular weight is 279 g/mol. The molecule has 0 unspecified atom stereocenters. The molecule has 0 fully saturated rings. The van der Waals surface area contributed by atoms with Crippen molar-refractivity contribution in [1.82, 2.24) is 15.0 Å². The van der Waals surface area contributed by atoms with E-state index in [-0.39, 0.29) is 0 Å². The Morgan fingerprint density at radius 2 is 2.14 bits per heavy atom. The first-order valence-corrected chi connectivity index (χ1v) is 6.66. The van der Waals surface area contributed by atoms with Crippen LogP contribution in [0.2, 0.25) is 0 Å². The van der Waals surface area contributed by atoms with Gasteiger partial charge >= 0.3 is 0 Å². The molecule has 0 aliphatic carbocycles. The van der Waals surface area contributed by atoms with Crippen molar-refractivity contribution >= 4 is 6.08 Å². The van der Waals surface area contributed by atoms with Crippen LogP contribution in [0.3, 0.4) is 0 Å². The number of aromatic nitrogens is 3. The van der Waals surface area contributed by atoms with Crippen LogP contribution in [0.5, 0.6) is 0 Å². The first kappa shape index (κ1) is 14.9. The summed E-state index contributed by atoms with van der Waals surface area (Å²) < 4.78 is 4.90. The second-order valence-corrected chi connectivity index (χ2v) is 4.40. The first-order chi connectivity index (χ1) is 10.2. The van der Waals surface area contributed by atoms with Gasteiger partial charge in [0.1, 0.15) is 18.0 Å². The lowest BCUT2D eigenvalue weighted by Crippen LogP contribution is -1.97. The number of rotatable bonds is 3. The lowest BCUT2D eigenvalue weighted by atomic mass is 10.2. The molecule has 0 aliphatic rings. The van der Waals surface area contributed by atoms with Crippen molar-refractivity contribution in [2.24, 2.45) is 0 Å². The molecule has 4 nitrogen and oxygen atoms in total. The summed E-state index contributed by atoms with van der Waals surface area (Å²) in [5, 5.41) is 0. The third kappa shape index (κ3) is 3.98. The van der Waals surface area contributed by atoms with Gasteiger partial charge in [0.15, 0.2) is 5.82 Å². The van der Waals surface area contributed by atoms with Gasteiger partial charge in [0.25, 0.3) is 0 Å². The van der Waals surface area contributed by atoms with Crippen LogP contribution in [0.15, 0.2) is 30.5 Å². The van der Waals surface area contributed by atoms with E-state index in [1.54, 1.807) is 7.11 Å². The normalized spacial score (nSPS) is 10.4. The summed E-state index contributed by atoms with van der Waals surface area (Å²) in [6.45, 7) is 4.34. The van der Waals surface area contributed by atoms with Crippen molar-refractivity contribution in [2.75, 3.05) is 13.7 Å². The Hall–Kier alpha value is -2.51. The second-order valence-electron chi connectivity index (χ2n) is 4.40. The molecule has 0 N–H and O–H groups in total. The van der Waals surface area contributed by atoms with Gasteiger partial charge in [0.05, 0.1) is 5.69 Å². The topological polar surface area (TPSA) is 47.9 Å². The summed E-state index contributed by atoms with van der Waals surface area (Å²) in [7, 11) is 1.61. The molecule has 0 saturated heterocycles. The molecule has 0 atom stereocenters. The predicted molar refractivity (Wildman–Crippen MR) is 83.5 cm³/mol. The van der Waals surface area contributed by atoms with Gasteiger partial charge in [-0.15, -0.1) is 0 Å². The van der Waals surface area contributed by atoms with Crippen molar-refractivity contribution in [3.8, 4) is 23.4 Å². The van der Waals surface area contributed by atoms with E-state index in [0.717, 1.165) is 11.3 Å². The first-order valence-electron chi connectivity index (χ1n) is 6.66. The maximum atomic E-state index is 4.90. The number of methoxy groups -OCH3 is 1. The Balaban J connectivity index is 2.36. The molecule has 2 aromatic rings. The minimum Gasteiger partial charge on any atom is -0.372 e. The van der Waals surface area contributed by atoms with Crippen molar-refractivity contribution in [1.29, 1.82) is 0 Å². The van der Waals surface area contributed by atoms with Crippen molar-refractivity contribution in [3.63, 3.8) is 0 Å². The van der Waals surface area contributed by atoms with E-state index in [0.29, 0.717) is 23.8 Å². The molecule has 0 aromatic carbocycles. The lowest BCUT2D eigenvalue weighted by molar-refractivity contribution is 0.240. The van der Waals surface area contributed by atoms with Crippen molar-refractivity contribution < 1.29 is 4.74 Å². The van der Waals surface area contributed by atoms with Gasteiger partial charge in [-0.3, -0.25) is 0 Å². The predicted octanol–water partition coefficient (Wildman–Crippen LogP) is 2.88. The maximum Gasteiger partial charge on any atom is 0.178 e. The highest BCUT2D eigenvalue weighted by atomic mass is 16.5. The van der Waals surface area contributed by atoms with Crippen LogP contribution in [0.1, 0.15) is 23.9 Å². The van der Waals surface area contributed by atoms with Gasteiger partial charge in [0.2, 0.25) is 0 Å². The molecule has 21 heavy (non-hydrogen) atoms. The Labute approximate surface area is 124 Å². The van der Waals surface area contributed by atoms with E-state index in [9.17, 15) is 0 Å². The van der Waals surface area contributed by atoms with E-state index < -0.39 is 0 Å². The number of nitrogens with zero attached hydrogens (tertiary/aromatic N) is 3. The summed E-state index contributed by atoms with van der Waals surface area (Å²) in [5.74, 6) is 6.44. The molecule has 0 amide bonds. The Bertz CT molecular complexity index is 711. The SMILES string of the molecule is C/C=C\c1nc(-c2cccc(C#CCOC)n2)ncc1C. The van der Waals surface area contributed by atoms with E-state index >= 15 is 0 Å². The zero-order chi connectivity index (χ0) is 15.1. The minimum absolute atomic E-state index is 0.387. The fourth-order valence-corrected chi connectivity index (χ4v) is 1.73. The van der Waals surface area contributed by atoms with E-state index in [1.165, 1.54) is 0 Å². The summed E-state index contributed by atoms with van der Waals surface area (Å²) in [6.07, 6.45) is 5.73. The zero-order valence-corrected chi connectivity index (χ0v) is 12.4. The van der Waals surface area contributed by atoms with E-state index in [1.807, 2.05) is 50.4 Å². The molecular formula is C17H17N3O. The monoisotopic (exact) mass is 279 g/mol. The Morgan fingerprint density at radius 1 is 1.29 bits per heavy atom. The van der Waals surface area contributed by atoms with Gasteiger partial charge in [-0.2, -0.15) is 0 Å². The smallest absolute Gasteiger partial charge is 0.178 e. The minimum atomic E-state index is 0.387. The number of hydrogen-bond donors (Lipinski definition) is 0. The highest BCUT2D eigenvalue weighted by Crippen LogP contribution is 2.15. The molecular weight excluding hydrogens is 262 g/mol. The van der Waals surface area contributed by atoms with Gasteiger partial charge in [-0.1, -0.05) is 18.1 Å². The zero-order valence-electron chi connectivity index (χ0n) is 12.4. The standard InChI is InChI=1S/C17H17N3O/c1-4-7-15-13(2)12-18-17(20-15)16-10-5-8-14(19-16)9-6-11-21-3/h4-5,7-8,10,12H,11H2,1-3H3/b7-4-. The number of aryl methyl sites for hydroxylation is 1. The van der Waals surface area contributed by atoms with Gasteiger partial charge in [-0.25, -0.2) is 15.0 Å². The lowest BCUT2D eigenvalue weighted by Gasteiger charge is -2.03. The van der Waals surface area contributed by atoms with E-state index in [4.69, 9.17) is 4.74 Å². The van der Waals surface area contributed by atoms with E-state index in [2.05, 4.69) is 26.8 Å². The number of ether oxygens (including phenoxy) is 1. The van der Waals surface area contributed by atoms with Gasteiger partial charge < -0.3 is 4.74 Å². The average Bonchev–Trinajstić information content (AvgIpc) is 2.50. The summed E-state index contributed by atoms with van der Waals surface area (Å²) in [6, 6.07) is 5.64. The van der Waals surface area contributed by atoms with Gasteiger partial charge in [0, 0.05) is 13.3 Å². The fraction of sp³-hybridized carbons (Fsp3) is 0.235. The Kier molecular flexibility index (Phi) is 5.19. The highest BCUT2D eigenvalue weighted by molar-refractivity contribution is 5.55. The molecule has 106 valence electrons. The van der Waals surface area contributed by atoms with Crippen LogP contribution in [-0.2, 0) is 4.74 Å². The molecule has 0 bridgehead atoms.